The third-order valence-corrected chi connectivity index (χ3v) is 6.66. The fourth-order valence-corrected chi connectivity index (χ4v) is 5.00. The molecule has 1 unspecified atom stereocenters. The maximum Gasteiger partial charge on any atom is 0.291 e. The van der Waals surface area contributed by atoms with Crippen LogP contribution in [0, 0.1) is 13.8 Å². The lowest BCUT2D eigenvalue weighted by Gasteiger charge is -2.25. The van der Waals surface area contributed by atoms with Crippen LogP contribution in [0.4, 0.5) is 0 Å². The first-order valence-electron chi connectivity index (χ1n) is 12.7. The van der Waals surface area contributed by atoms with Crippen LogP contribution in [0.1, 0.15) is 71.3 Å². The molecule has 7 nitrogen and oxygen atoms in total. The molecule has 192 valence electrons. The Morgan fingerprint density at radius 2 is 1.84 bits per heavy atom. The molecular weight excluding hydrogens is 470 g/mol. The predicted octanol–water partition coefficient (Wildman–Crippen LogP) is 6.33. The van der Waals surface area contributed by atoms with Gasteiger partial charge in [-0.15, -0.1) is 0 Å². The molecule has 0 saturated carbocycles. The van der Waals surface area contributed by atoms with Gasteiger partial charge in [0, 0.05) is 0 Å². The summed E-state index contributed by atoms with van der Waals surface area (Å²) in [5, 5.41) is 0.492. The molecule has 37 heavy (non-hydrogen) atoms. The Kier molecular flexibility index (Phi) is 6.78. The van der Waals surface area contributed by atoms with Crippen LogP contribution in [0.5, 0.6) is 11.5 Å². The number of amides is 1. The summed E-state index contributed by atoms with van der Waals surface area (Å²) in [4.78, 5) is 29.3. The quantitative estimate of drug-likeness (QED) is 0.249. The van der Waals surface area contributed by atoms with E-state index in [1.807, 2.05) is 51.1 Å². The largest absolute Gasteiger partial charge is 0.490 e. The highest BCUT2D eigenvalue weighted by Gasteiger charge is 2.43. The topological polar surface area (TPSA) is 82.1 Å². The van der Waals surface area contributed by atoms with E-state index in [2.05, 4.69) is 6.92 Å². The fourth-order valence-electron chi connectivity index (χ4n) is 5.00. The van der Waals surface area contributed by atoms with Gasteiger partial charge in [0.15, 0.2) is 16.9 Å². The average molecular weight is 502 g/mol. The molecule has 5 rings (SSSR count). The van der Waals surface area contributed by atoms with Gasteiger partial charge < -0.3 is 23.2 Å². The van der Waals surface area contributed by atoms with Gasteiger partial charge in [-0.25, -0.2) is 0 Å². The molecule has 1 aliphatic rings. The molecule has 0 fully saturated rings. The van der Waals surface area contributed by atoms with Crippen LogP contribution in [0.3, 0.4) is 0 Å². The first kappa shape index (κ1) is 24.7. The van der Waals surface area contributed by atoms with Crippen molar-refractivity contribution in [3.8, 4) is 11.5 Å². The van der Waals surface area contributed by atoms with E-state index < -0.39 is 6.04 Å². The molecule has 0 N–H and O–H groups in total. The zero-order valence-electron chi connectivity index (χ0n) is 21.6. The highest BCUT2D eigenvalue weighted by molar-refractivity contribution is 5.99. The predicted molar refractivity (Wildman–Crippen MR) is 140 cm³/mol. The van der Waals surface area contributed by atoms with Crippen LogP contribution in [0.15, 0.2) is 62.4 Å². The number of furan rings is 1. The summed E-state index contributed by atoms with van der Waals surface area (Å²) in [6.45, 7) is 9.07. The molecule has 2 aromatic heterocycles. The molecule has 1 aliphatic heterocycles. The molecule has 4 aromatic rings. The summed E-state index contributed by atoms with van der Waals surface area (Å²) in [5.41, 5.74) is 3.07. The summed E-state index contributed by atoms with van der Waals surface area (Å²) < 4.78 is 23.6. The van der Waals surface area contributed by atoms with Crippen molar-refractivity contribution in [2.75, 3.05) is 13.2 Å². The summed E-state index contributed by atoms with van der Waals surface area (Å²) >= 11 is 0. The fraction of sp³-hybridized carbons (Fsp3) is 0.333. The monoisotopic (exact) mass is 501 g/mol. The molecule has 0 saturated heterocycles. The number of fused-ring (bicyclic) bond motifs is 2. The molecular formula is C30H31NO6. The van der Waals surface area contributed by atoms with E-state index >= 15 is 0 Å². The van der Waals surface area contributed by atoms with Crippen molar-refractivity contribution in [2.45, 2.75) is 53.1 Å². The number of hydrogen-bond donors (Lipinski definition) is 0. The zero-order valence-corrected chi connectivity index (χ0v) is 21.6. The second kappa shape index (κ2) is 10.2. The lowest BCUT2D eigenvalue weighted by molar-refractivity contribution is 0.0701. The summed E-state index contributed by atoms with van der Waals surface area (Å²) in [6, 6.07) is 12.3. The molecule has 1 amide bonds. The summed E-state index contributed by atoms with van der Waals surface area (Å²) in [7, 11) is 0. The van der Waals surface area contributed by atoms with Crippen LogP contribution in [-0.4, -0.2) is 24.0 Å². The Morgan fingerprint density at radius 1 is 1.00 bits per heavy atom. The SMILES string of the molecule is CCCCOc1ccc(C2c3c(oc4cc(C)cc(C)c4c3=O)C(=O)N2Cc2ccco2)cc1OCC. The van der Waals surface area contributed by atoms with Gasteiger partial charge in [0.25, 0.3) is 5.91 Å². The zero-order chi connectivity index (χ0) is 26.1. The Labute approximate surface area is 215 Å². The third kappa shape index (κ3) is 4.50. The number of aryl methyl sites for hydroxylation is 2. The summed E-state index contributed by atoms with van der Waals surface area (Å²) in [5.74, 6) is 1.54. The van der Waals surface area contributed by atoms with E-state index in [0.29, 0.717) is 47.0 Å². The van der Waals surface area contributed by atoms with Gasteiger partial charge in [-0.05, 0) is 74.2 Å². The minimum absolute atomic E-state index is 0.0697. The maximum atomic E-state index is 14.0. The minimum Gasteiger partial charge on any atom is -0.490 e. The minimum atomic E-state index is -0.669. The van der Waals surface area contributed by atoms with Crippen molar-refractivity contribution in [1.29, 1.82) is 0 Å². The van der Waals surface area contributed by atoms with Gasteiger partial charge in [0.1, 0.15) is 11.3 Å². The van der Waals surface area contributed by atoms with E-state index in [4.69, 9.17) is 18.3 Å². The molecule has 7 heteroatoms. The van der Waals surface area contributed by atoms with Crippen molar-refractivity contribution < 1.29 is 23.1 Å². The average Bonchev–Trinajstić information content (AvgIpc) is 3.47. The van der Waals surface area contributed by atoms with Crippen molar-refractivity contribution in [3.05, 3.63) is 92.7 Å². The number of ether oxygens (including phenoxy) is 2. The van der Waals surface area contributed by atoms with E-state index in [-0.39, 0.29) is 23.6 Å². The molecule has 2 aromatic carbocycles. The third-order valence-electron chi connectivity index (χ3n) is 6.66. The van der Waals surface area contributed by atoms with Crippen molar-refractivity contribution in [2.24, 2.45) is 0 Å². The highest BCUT2D eigenvalue weighted by Crippen LogP contribution is 2.42. The van der Waals surface area contributed by atoms with E-state index in [1.165, 1.54) is 0 Å². The standard InChI is InChI=1S/C30H31NO6/c1-5-7-12-36-22-11-10-20(16-23(22)34-6-2)27-26-28(32)25-19(4)14-18(3)15-24(25)37-29(26)30(33)31(27)17-21-9-8-13-35-21/h8-11,13-16,27H,5-7,12,17H2,1-4H3. The van der Waals surface area contributed by atoms with Gasteiger partial charge in [-0.3, -0.25) is 9.59 Å². The first-order chi connectivity index (χ1) is 17.9. The number of carbonyl (C=O) groups excluding carboxylic acids is 1. The van der Waals surface area contributed by atoms with Crippen LogP contribution in [-0.2, 0) is 6.54 Å². The van der Waals surface area contributed by atoms with E-state index in [9.17, 15) is 9.59 Å². The molecule has 0 radical (unpaired) electrons. The second-order valence-electron chi connectivity index (χ2n) is 9.39. The van der Waals surface area contributed by atoms with Gasteiger partial charge in [0.2, 0.25) is 5.76 Å². The first-order valence-corrected chi connectivity index (χ1v) is 12.7. The van der Waals surface area contributed by atoms with Gasteiger partial charge >= 0.3 is 0 Å². The molecule has 1 atom stereocenters. The Morgan fingerprint density at radius 3 is 2.57 bits per heavy atom. The molecule has 0 spiro atoms. The number of hydrogen-bond acceptors (Lipinski definition) is 6. The Bertz CT molecular complexity index is 1500. The summed E-state index contributed by atoms with van der Waals surface area (Å²) in [6.07, 6.45) is 3.52. The van der Waals surface area contributed by atoms with Crippen molar-refractivity contribution in [3.63, 3.8) is 0 Å². The Hall–Kier alpha value is -4.00. The lowest BCUT2D eigenvalue weighted by atomic mass is 9.96. The van der Waals surface area contributed by atoms with Crippen LogP contribution >= 0.6 is 0 Å². The highest BCUT2D eigenvalue weighted by atomic mass is 16.5. The Balaban J connectivity index is 1.68. The van der Waals surface area contributed by atoms with E-state index in [1.54, 1.807) is 23.3 Å². The van der Waals surface area contributed by atoms with Crippen LogP contribution in [0.2, 0.25) is 0 Å². The smallest absolute Gasteiger partial charge is 0.291 e. The van der Waals surface area contributed by atoms with Crippen molar-refractivity contribution >= 4 is 16.9 Å². The van der Waals surface area contributed by atoms with Crippen molar-refractivity contribution in [1.82, 2.24) is 4.90 Å². The van der Waals surface area contributed by atoms with Gasteiger partial charge in [-0.2, -0.15) is 0 Å². The normalized spacial score (nSPS) is 14.9. The van der Waals surface area contributed by atoms with Crippen LogP contribution < -0.4 is 14.9 Å². The number of carbonyl (C=O) groups is 1. The maximum absolute atomic E-state index is 14.0. The number of unbranched alkanes of at least 4 members (excludes halogenated alkanes) is 1. The molecule has 0 bridgehead atoms. The van der Waals surface area contributed by atoms with Gasteiger partial charge in [0.05, 0.1) is 43.0 Å². The lowest BCUT2D eigenvalue weighted by Crippen LogP contribution is -2.29. The van der Waals surface area contributed by atoms with E-state index in [0.717, 1.165) is 29.5 Å². The van der Waals surface area contributed by atoms with Crippen LogP contribution in [0.25, 0.3) is 11.0 Å². The molecule has 3 heterocycles. The molecule has 0 aliphatic carbocycles. The number of rotatable bonds is 9. The number of nitrogens with zero attached hydrogens (tertiary/aromatic N) is 1. The second-order valence-corrected chi connectivity index (χ2v) is 9.39. The van der Waals surface area contributed by atoms with Gasteiger partial charge in [-0.1, -0.05) is 25.5 Å². The number of benzene rings is 2.